The van der Waals surface area contributed by atoms with E-state index in [-0.39, 0.29) is 11.9 Å². The number of benzene rings is 4. The number of hydrogen-bond acceptors (Lipinski definition) is 2. The Labute approximate surface area is 193 Å². The van der Waals surface area contributed by atoms with E-state index in [1.165, 1.54) is 5.56 Å². The first-order valence-electron chi connectivity index (χ1n) is 11.1. The minimum atomic E-state index is -0.0954. The fourth-order valence-corrected chi connectivity index (χ4v) is 4.10. The zero-order valence-corrected chi connectivity index (χ0v) is 18.5. The van der Waals surface area contributed by atoms with E-state index < -0.39 is 0 Å². The number of rotatable bonds is 6. The van der Waals surface area contributed by atoms with E-state index >= 15 is 0 Å². The molecule has 0 unspecified atom stereocenters. The molecule has 0 aliphatic heterocycles. The molecule has 1 amide bonds. The van der Waals surface area contributed by atoms with Crippen molar-refractivity contribution >= 4 is 16.9 Å². The van der Waals surface area contributed by atoms with Crippen molar-refractivity contribution in [2.75, 3.05) is 0 Å². The molecule has 0 bridgehead atoms. The van der Waals surface area contributed by atoms with Gasteiger partial charge in [-0.15, -0.1) is 0 Å². The molecule has 4 heteroatoms. The van der Waals surface area contributed by atoms with E-state index in [1.54, 1.807) is 0 Å². The molecule has 33 heavy (non-hydrogen) atoms. The first-order valence-corrected chi connectivity index (χ1v) is 11.1. The Hall–Kier alpha value is -4.18. The van der Waals surface area contributed by atoms with Gasteiger partial charge in [0, 0.05) is 17.7 Å². The molecular weight excluding hydrogens is 406 g/mol. The highest BCUT2D eigenvalue weighted by molar-refractivity contribution is 5.98. The van der Waals surface area contributed by atoms with Crippen LogP contribution in [-0.2, 0) is 6.54 Å². The maximum absolute atomic E-state index is 13.1. The second kappa shape index (κ2) is 9.13. The molecule has 4 aromatic carbocycles. The molecular formula is C29H25N3O. The average Bonchev–Trinajstić information content (AvgIpc) is 3.23. The highest BCUT2D eigenvalue weighted by Gasteiger charge is 2.17. The molecule has 162 valence electrons. The van der Waals surface area contributed by atoms with Crippen molar-refractivity contribution in [3.8, 4) is 11.4 Å². The average molecular weight is 432 g/mol. The SMILES string of the molecule is C[C@@H](NC(=O)c1ccc2nc(-c3ccccc3)n(Cc3ccccc3)c2c1)c1ccccc1. The Balaban J connectivity index is 1.53. The Morgan fingerprint density at radius 3 is 2.18 bits per heavy atom. The van der Waals surface area contributed by atoms with Gasteiger partial charge in [-0.1, -0.05) is 91.0 Å². The normalized spacial score (nSPS) is 11.9. The predicted octanol–water partition coefficient (Wildman–Crippen LogP) is 6.24. The van der Waals surface area contributed by atoms with Crippen LogP contribution in [0.3, 0.4) is 0 Å². The Kier molecular flexibility index (Phi) is 5.73. The lowest BCUT2D eigenvalue weighted by molar-refractivity contribution is 0.0940. The van der Waals surface area contributed by atoms with Gasteiger partial charge in [0.05, 0.1) is 17.1 Å². The summed E-state index contributed by atoms with van der Waals surface area (Å²) in [6, 6.07) is 36.1. The van der Waals surface area contributed by atoms with Crippen molar-refractivity contribution in [2.45, 2.75) is 19.5 Å². The highest BCUT2D eigenvalue weighted by atomic mass is 16.1. The maximum atomic E-state index is 13.1. The van der Waals surface area contributed by atoms with Gasteiger partial charge in [-0.2, -0.15) is 0 Å². The monoisotopic (exact) mass is 431 g/mol. The molecule has 5 rings (SSSR count). The fourth-order valence-electron chi connectivity index (χ4n) is 4.10. The fraction of sp³-hybridized carbons (Fsp3) is 0.103. The second-order valence-electron chi connectivity index (χ2n) is 8.18. The number of amides is 1. The third-order valence-electron chi connectivity index (χ3n) is 5.87. The van der Waals surface area contributed by atoms with Crippen molar-refractivity contribution in [3.05, 3.63) is 126 Å². The van der Waals surface area contributed by atoms with Crippen molar-refractivity contribution in [1.82, 2.24) is 14.9 Å². The van der Waals surface area contributed by atoms with Crippen LogP contribution in [0.1, 0.15) is 34.5 Å². The van der Waals surface area contributed by atoms with Crippen LogP contribution in [0.2, 0.25) is 0 Å². The van der Waals surface area contributed by atoms with Crippen molar-refractivity contribution in [3.63, 3.8) is 0 Å². The van der Waals surface area contributed by atoms with Crippen molar-refractivity contribution in [2.24, 2.45) is 0 Å². The molecule has 0 radical (unpaired) electrons. The van der Waals surface area contributed by atoms with E-state index in [2.05, 4.69) is 34.1 Å². The van der Waals surface area contributed by atoms with E-state index in [0.29, 0.717) is 12.1 Å². The summed E-state index contributed by atoms with van der Waals surface area (Å²) in [5.74, 6) is 0.798. The molecule has 0 aliphatic carbocycles. The molecule has 0 spiro atoms. The summed E-state index contributed by atoms with van der Waals surface area (Å²) < 4.78 is 2.19. The molecule has 0 aliphatic rings. The number of carbonyl (C=O) groups excluding carboxylic acids is 1. The molecule has 0 fully saturated rings. The summed E-state index contributed by atoms with van der Waals surface area (Å²) in [6.07, 6.45) is 0. The molecule has 5 aromatic rings. The number of nitrogens with one attached hydrogen (secondary N) is 1. The van der Waals surface area contributed by atoms with E-state index in [0.717, 1.165) is 28.0 Å². The molecule has 4 nitrogen and oxygen atoms in total. The Morgan fingerprint density at radius 2 is 1.48 bits per heavy atom. The summed E-state index contributed by atoms with van der Waals surface area (Å²) in [7, 11) is 0. The number of imidazole rings is 1. The lowest BCUT2D eigenvalue weighted by Gasteiger charge is -2.15. The smallest absolute Gasteiger partial charge is 0.251 e. The highest BCUT2D eigenvalue weighted by Crippen LogP contribution is 2.27. The maximum Gasteiger partial charge on any atom is 0.251 e. The predicted molar refractivity (Wildman–Crippen MR) is 133 cm³/mol. The zero-order chi connectivity index (χ0) is 22.6. The number of fused-ring (bicyclic) bond motifs is 1. The number of aromatic nitrogens is 2. The van der Waals surface area contributed by atoms with Crippen molar-refractivity contribution in [1.29, 1.82) is 0 Å². The summed E-state index contributed by atoms with van der Waals surface area (Å²) in [6.45, 7) is 2.67. The second-order valence-corrected chi connectivity index (χ2v) is 8.18. The van der Waals surface area contributed by atoms with Crippen LogP contribution < -0.4 is 5.32 Å². The van der Waals surface area contributed by atoms with Crippen molar-refractivity contribution < 1.29 is 4.79 Å². The Morgan fingerprint density at radius 1 is 0.848 bits per heavy atom. The summed E-state index contributed by atoms with van der Waals surface area (Å²) in [5, 5.41) is 3.12. The lowest BCUT2D eigenvalue weighted by Crippen LogP contribution is -2.26. The largest absolute Gasteiger partial charge is 0.346 e. The lowest BCUT2D eigenvalue weighted by atomic mass is 10.1. The zero-order valence-electron chi connectivity index (χ0n) is 18.5. The van der Waals surface area contributed by atoms with Gasteiger partial charge >= 0.3 is 0 Å². The van der Waals surface area contributed by atoms with Gasteiger partial charge in [0.1, 0.15) is 5.82 Å². The molecule has 1 N–H and O–H groups in total. The first kappa shape index (κ1) is 20.7. The standard InChI is InChI=1S/C29H25N3O/c1-21(23-13-7-3-8-14-23)30-29(33)25-17-18-26-27(19-25)32(20-22-11-5-2-6-12-22)28(31-26)24-15-9-4-10-16-24/h2-19,21H,20H2,1H3,(H,30,33)/t21-/m1/s1. The molecule has 0 saturated carbocycles. The Bertz CT molecular complexity index is 1380. The van der Waals surface area contributed by atoms with E-state index in [1.807, 2.05) is 91.9 Å². The van der Waals surface area contributed by atoms with Gasteiger partial charge in [-0.25, -0.2) is 4.98 Å². The van der Waals surface area contributed by atoms with Gasteiger partial charge in [-0.3, -0.25) is 4.79 Å². The summed E-state index contributed by atoms with van der Waals surface area (Å²) >= 11 is 0. The number of nitrogens with zero attached hydrogens (tertiary/aromatic N) is 2. The van der Waals surface area contributed by atoms with Crippen LogP contribution in [0.15, 0.2) is 109 Å². The summed E-state index contributed by atoms with van der Waals surface area (Å²) in [5.41, 5.74) is 5.75. The van der Waals surface area contributed by atoms with Crippen LogP contribution >= 0.6 is 0 Å². The van der Waals surface area contributed by atoms with Gasteiger partial charge in [0.15, 0.2) is 0 Å². The van der Waals surface area contributed by atoms with Crippen LogP contribution in [-0.4, -0.2) is 15.5 Å². The topological polar surface area (TPSA) is 46.9 Å². The quantitative estimate of drug-likeness (QED) is 0.346. The van der Waals surface area contributed by atoms with Gasteiger partial charge in [0.25, 0.3) is 5.91 Å². The molecule has 1 aromatic heterocycles. The van der Waals surface area contributed by atoms with Crippen LogP contribution in [0, 0.1) is 0 Å². The molecule has 0 saturated heterocycles. The van der Waals surface area contributed by atoms with Gasteiger partial charge in [-0.05, 0) is 36.2 Å². The van der Waals surface area contributed by atoms with Crippen LogP contribution in [0.5, 0.6) is 0 Å². The minimum Gasteiger partial charge on any atom is -0.346 e. The van der Waals surface area contributed by atoms with Gasteiger partial charge in [0.2, 0.25) is 0 Å². The first-order chi connectivity index (χ1) is 16.2. The van der Waals surface area contributed by atoms with Crippen LogP contribution in [0.4, 0.5) is 0 Å². The number of hydrogen-bond donors (Lipinski definition) is 1. The minimum absolute atomic E-state index is 0.0801. The molecule has 1 atom stereocenters. The third-order valence-corrected chi connectivity index (χ3v) is 5.87. The van der Waals surface area contributed by atoms with Crippen LogP contribution in [0.25, 0.3) is 22.4 Å². The van der Waals surface area contributed by atoms with E-state index in [4.69, 9.17) is 4.98 Å². The number of carbonyl (C=O) groups is 1. The molecule has 1 heterocycles. The van der Waals surface area contributed by atoms with E-state index in [9.17, 15) is 4.79 Å². The summed E-state index contributed by atoms with van der Waals surface area (Å²) in [4.78, 5) is 18.0. The van der Waals surface area contributed by atoms with Gasteiger partial charge < -0.3 is 9.88 Å². The third kappa shape index (κ3) is 4.41.